The van der Waals surface area contributed by atoms with Crippen molar-refractivity contribution in [3.63, 3.8) is 0 Å². The van der Waals surface area contributed by atoms with Crippen LogP contribution >= 0.6 is 0 Å². The zero-order valence-corrected chi connectivity index (χ0v) is 14.8. The first-order valence-corrected chi connectivity index (χ1v) is 7.92. The lowest BCUT2D eigenvalue weighted by Gasteiger charge is -2.34. The van der Waals surface area contributed by atoms with Crippen LogP contribution in [0.4, 0.5) is 13.2 Å². The second-order valence-corrected chi connectivity index (χ2v) is 8.27. The fourth-order valence-corrected chi connectivity index (χ4v) is 2.30. The maximum Gasteiger partial charge on any atom is 0.407 e. The average molecular weight is 360 g/mol. The molecule has 0 unspecified atom stereocenters. The molecule has 0 aromatic carbocycles. The first kappa shape index (κ1) is 21.8. The molecular weight excluding hydrogens is 337 g/mol. The summed E-state index contributed by atoms with van der Waals surface area (Å²) in [6, 6.07) is -1.09. The SMILES string of the molecule is COC(=O)[C@H](C)NC(=O)C[C@](C)(N[S@](=O)C(C)(C)C)C(F)(F)F. The van der Waals surface area contributed by atoms with Crippen LogP contribution in [-0.4, -0.2) is 45.7 Å². The van der Waals surface area contributed by atoms with Gasteiger partial charge in [-0.05, 0) is 34.6 Å². The Bertz CT molecular complexity index is 477. The van der Waals surface area contributed by atoms with Crippen LogP contribution < -0.4 is 10.0 Å². The summed E-state index contributed by atoms with van der Waals surface area (Å²) in [6.45, 7) is 6.55. The van der Waals surface area contributed by atoms with Crippen LogP contribution in [0.3, 0.4) is 0 Å². The summed E-state index contributed by atoms with van der Waals surface area (Å²) in [5.74, 6) is -1.79. The quantitative estimate of drug-likeness (QED) is 0.702. The molecule has 0 saturated heterocycles. The molecule has 6 nitrogen and oxygen atoms in total. The van der Waals surface area contributed by atoms with E-state index >= 15 is 0 Å². The molecule has 0 rings (SSSR count). The number of methoxy groups -OCH3 is 1. The highest BCUT2D eigenvalue weighted by Gasteiger charge is 2.54. The van der Waals surface area contributed by atoms with Crippen molar-refractivity contribution in [3.8, 4) is 0 Å². The molecule has 23 heavy (non-hydrogen) atoms. The van der Waals surface area contributed by atoms with E-state index in [2.05, 4.69) is 10.1 Å². The topological polar surface area (TPSA) is 84.5 Å². The minimum atomic E-state index is -4.82. The monoisotopic (exact) mass is 360 g/mol. The highest BCUT2D eigenvalue weighted by Crippen LogP contribution is 2.34. The van der Waals surface area contributed by atoms with Crippen LogP contribution in [0, 0.1) is 0 Å². The van der Waals surface area contributed by atoms with Gasteiger partial charge >= 0.3 is 12.1 Å². The summed E-state index contributed by atoms with van der Waals surface area (Å²) in [4.78, 5) is 23.0. The highest BCUT2D eigenvalue weighted by molar-refractivity contribution is 7.84. The van der Waals surface area contributed by atoms with Gasteiger partial charge in [-0.2, -0.15) is 13.2 Å². The number of carbonyl (C=O) groups is 2. The largest absolute Gasteiger partial charge is 0.467 e. The van der Waals surface area contributed by atoms with Crippen molar-refractivity contribution in [2.75, 3.05) is 7.11 Å². The van der Waals surface area contributed by atoms with Crippen molar-refractivity contribution in [1.29, 1.82) is 0 Å². The fraction of sp³-hybridized carbons (Fsp3) is 0.846. The molecule has 136 valence electrons. The maximum absolute atomic E-state index is 13.3. The highest BCUT2D eigenvalue weighted by atomic mass is 32.2. The van der Waals surface area contributed by atoms with Crippen molar-refractivity contribution in [2.24, 2.45) is 0 Å². The molecule has 0 saturated carbocycles. The summed E-state index contributed by atoms with van der Waals surface area (Å²) in [7, 11) is -0.938. The smallest absolute Gasteiger partial charge is 0.407 e. The zero-order valence-electron chi connectivity index (χ0n) is 14.0. The average Bonchev–Trinajstić information content (AvgIpc) is 2.34. The summed E-state index contributed by atoms with van der Waals surface area (Å²) in [6.07, 6.45) is -5.85. The third-order valence-electron chi connectivity index (χ3n) is 2.95. The number of hydrogen-bond donors (Lipinski definition) is 2. The molecule has 0 heterocycles. The van der Waals surface area contributed by atoms with Crippen molar-refractivity contribution < 1.29 is 31.7 Å². The second kappa shape index (κ2) is 7.61. The minimum Gasteiger partial charge on any atom is -0.467 e. The number of ether oxygens (including phenoxy) is 1. The summed E-state index contributed by atoms with van der Waals surface area (Å²) >= 11 is 0. The third-order valence-corrected chi connectivity index (χ3v) is 4.69. The molecule has 0 fully saturated rings. The Morgan fingerprint density at radius 1 is 1.17 bits per heavy atom. The van der Waals surface area contributed by atoms with E-state index in [0.29, 0.717) is 0 Å². The van der Waals surface area contributed by atoms with Gasteiger partial charge in [0.15, 0.2) is 0 Å². The fourth-order valence-electron chi connectivity index (χ4n) is 1.40. The van der Waals surface area contributed by atoms with Crippen LogP contribution in [0.1, 0.15) is 41.0 Å². The van der Waals surface area contributed by atoms with Gasteiger partial charge in [-0.1, -0.05) is 0 Å². The number of hydrogen-bond acceptors (Lipinski definition) is 4. The lowest BCUT2D eigenvalue weighted by Crippen LogP contribution is -2.59. The predicted octanol–water partition coefficient (Wildman–Crippen LogP) is 1.43. The van der Waals surface area contributed by atoms with Gasteiger partial charge in [0.25, 0.3) is 0 Å². The van der Waals surface area contributed by atoms with E-state index < -0.39 is 51.8 Å². The van der Waals surface area contributed by atoms with Crippen LogP contribution in [0.2, 0.25) is 0 Å². The van der Waals surface area contributed by atoms with Crippen LogP contribution in [0.25, 0.3) is 0 Å². The van der Waals surface area contributed by atoms with E-state index in [0.717, 1.165) is 14.0 Å². The molecule has 3 atom stereocenters. The Labute approximate surface area is 136 Å². The van der Waals surface area contributed by atoms with Gasteiger partial charge in [-0.25, -0.2) is 13.7 Å². The number of carbonyl (C=O) groups excluding carboxylic acids is 2. The normalized spacial score (nSPS) is 17.8. The third kappa shape index (κ3) is 6.46. The van der Waals surface area contributed by atoms with Gasteiger partial charge in [-0.15, -0.1) is 0 Å². The molecule has 2 N–H and O–H groups in total. The first-order chi connectivity index (χ1) is 10.1. The Kier molecular flexibility index (Phi) is 7.22. The van der Waals surface area contributed by atoms with Crippen LogP contribution in [0.5, 0.6) is 0 Å². The zero-order chi connectivity index (χ0) is 18.6. The first-order valence-electron chi connectivity index (χ1n) is 6.77. The van der Waals surface area contributed by atoms with E-state index in [9.17, 15) is 27.0 Å². The van der Waals surface area contributed by atoms with Gasteiger partial charge in [0.1, 0.15) is 11.6 Å². The summed E-state index contributed by atoms with van der Waals surface area (Å²) in [5.41, 5.74) is -2.70. The number of alkyl halides is 3. The number of esters is 1. The van der Waals surface area contributed by atoms with Crippen molar-refractivity contribution in [3.05, 3.63) is 0 Å². The number of amides is 1. The van der Waals surface area contributed by atoms with E-state index in [1.807, 2.05) is 4.72 Å². The minimum absolute atomic E-state index is 0.749. The molecule has 0 aromatic rings. The molecular formula is C13H23F3N2O4S. The lowest BCUT2D eigenvalue weighted by molar-refractivity contribution is -0.189. The summed E-state index contributed by atoms with van der Waals surface area (Å²) < 4.78 is 57.3. The van der Waals surface area contributed by atoms with Gasteiger partial charge in [-0.3, -0.25) is 4.79 Å². The number of rotatable bonds is 6. The van der Waals surface area contributed by atoms with E-state index in [-0.39, 0.29) is 0 Å². The summed E-state index contributed by atoms with van der Waals surface area (Å²) in [5, 5.41) is 2.12. The molecule has 10 heteroatoms. The molecule has 0 aromatic heterocycles. The Morgan fingerprint density at radius 3 is 2.00 bits per heavy atom. The number of halogens is 3. The molecule has 0 radical (unpaired) electrons. The molecule has 0 bridgehead atoms. The lowest BCUT2D eigenvalue weighted by atomic mass is 9.98. The van der Waals surface area contributed by atoms with E-state index in [4.69, 9.17) is 0 Å². The van der Waals surface area contributed by atoms with E-state index in [1.54, 1.807) is 0 Å². The van der Waals surface area contributed by atoms with Crippen molar-refractivity contribution >= 4 is 22.9 Å². The van der Waals surface area contributed by atoms with Gasteiger partial charge in [0.05, 0.1) is 29.3 Å². The second-order valence-electron chi connectivity index (χ2n) is 6.30. The Balaban J connectivity index is 5.18. The molecule has 0 spiro atoms. The van der Waals surface area contributed by atoms with Crippen molar-refractivity contribution in [1.82, 2.24) is 10.0 Å². The predicted molar refractivity (Wildman–Crippen MR) is 79.7 cm³/mol. The Morgan fingerprint density at radius 2 is 1.65 bits per heavy atom. The maximum atomic E-state index is 13.3. The van der Waals surface area contributed by atoms with Gasteiger partial charge in [0.2, 0.25) is 5.91 Å². The van der Waals surface area contributed by atoms with Gasteiger partial charge in [0, 0.05) is 0 Å². The molecule has 0 aliphatic rings. The molecule has 0 aliphatic heterocycles. The molecule has 1 amide bonds. The number of nitrogens with one attached hydrogen (secondary N) is 2. The van der Waals surface area contributed by atoms with E-state index in [1.165, 1.54) is 27.7 Å². The van der Waals surface area contributed by atoms with Gasteiger partial charge < -0.3 is 10.1 Å². The van der Waals surface area contributed by atoms with Crippen molar-refractivity contribution in [2.45, 2.75) is 63.5 Å². The van der Waals surface area contributed by atoms with Crippen LogP contribution in [-0.2, 0) is 25.3 Å². The molecule has 0 aliphatic carbocycles. The van der Waals surface area contributed by atoms with Crippen LogP contribution in [0.15, 0.2) is 0 Å². The Hall–Kier alpha value is -1.16. The standard InChI is InChI=1S/C13H23F3N2O4S/c1-8(10(20)22-6)17-9(19)7-12(5,13(14,15)16)18-23(21)11(2,3)4/h8,18H,7H2,1-6H3,(H,17,19)/t8-,12-,23+/m0/s1.